The van der Waals surface area contributed by atoms with Gasteiger partial charge in [0.15, 0.2) is 6.61 Å². The Morgan fingerprint density at radius 1 is 1.07 bits per heavy atom. The number of ether oxygens (including phenoxy) is 1. The summed E-state index contributed by atoms with van der Waals surface area (Å²) in [7, 11) is 1.70. The molecule has 0 spiro atoms. The molecule has 5 N–H and O–H groups in total. The van der Waals surface area contributed by atoms with Crippen molar-refractivity contribution in [3.05, 3.63) is 94.3 Å². The number of halogens is 1. The maximum absolute atomic E-state index is 13.9. The van der Waals surface area contributed by atoms with Crippen LogP contribution in [0.4, 0.5) is 11.6 Å². The molecule has 1 aliphatic rings. The largest absolute Gasteiger partial charge is 0.484 e. The lowest BCUT2D eigenvalue weighted by Crippen LogP contribution is -2.42. The van der Waals surface area contributed by atoms with Crippen LogP contribution in [0.25, 0.3) is 22.4 Å². The molecule has 2 heterocycles. The molecule has 0 saturated carbocycles. The summed E-state index contributed by atoms with van der Waals surface area (Å²) in [5.41, 5.74) is 10.7. The lowest BCUT2D eigenvalue weighted by atomic mass is 9.99. The molecule has 0 unspecified atom stereocenters. The Bertz CT molecular complexity index is 1780. The van der Waals surface area contributed by atoms with Crippen LogP contribution in [-0.4, -0.2) is 52.3 Å². The van der Waals surface area contributed by atoms with E-state index in [9.17, 15) is 19.6 Å². The van der Waals surface area contributed by atoms with Crippen LogP contribution in [0.1, 0.15) is 28.8 Å². The van der Waals surface area contributed by atoms with E-state index in [1.807, 2.05) is 0 Å². The Balaban J connectivity index is 0.00000461. The first kappa shape index (κ1) is 32.7. The van der Waals surface area contributed by atoms with E-state index in [1.54, 1.807) is 77.8 Å². The Kier molecular flexibility index (Phi) is 10.5. The third-order valence-corrected chi connectivity index (χ3v) is 7.40. The zero-order valence-corrected chi connectivity index (χ0v) is 25.2. The second-order valence-electron chi connectivity index (χ2n) is 10.4. The number of hydroxylamine groups is 1. The first-order valence-corrected chi connectivity index (χ1v) is 14.0. The summed E-state index contributed by atoms with van der Waals surface area (Å²) in [5, 5.41) is 20.7. The van der Waals surface area contributed by atoms with E-state index in [4.69, 9.17) is 20.7 Å². The van der Waals surface area contributed by atoms with Gasteiger partial charge in [-0.2, -0.15) is 5.26 Å². The lowest BCUT2D eigenvalue weighted by Gasteiger charge is -2.32. The van der Waals surface area contributed by atoms with Gasteiger partial charge < -0.3 is 20.7 Å². The number of carbonyl (C=O) groups is 2. The predicted molar refractivity (Wildman–Crippen MR) is 172 cm³/mol. The molecule has 5 rings (SSSR count). The van der Waals surface area contributed by atoms with Crippen molar-refractivity contribution in [2.45, 2.75) is 18.9 Å². The minimum Gasteiger partial charge on any atom is -0.484 e. The van der Waals surface area contributed by atoms with Gasteiger partial charge in [-0.25, -0.2) is 10.5 Å². The highest BCUT2D eigenvalue weighted by molar-refractivity contribution is 5.97. The van der Waals surface area contributed by atoms with Gasteiger partial charge in [0.2, 0.25) is 5.95 Å². The number of nitrogens with one attached hydrogen (secondary N) is 2. The topological polar surface area (TPSA) is 176 Å². The van der Waals surface area contributed by atoms with E-state index in [-0.39, 0.29) is 36.2 Å². The maximum atomic E-state index is 13.9. The molecular formula is C32H32ClN7O5. The van der Waals surface area contributed by atoms with Gasteiger partial charge >= 0.3 is 0 Å². The average Bonchev–Trinajstić information content (AvgIpc) is 3.05. The summed E-state index contributed by atoms with van der Waals surface area (Å²) in [5.74, 6) is -0.191. The minimum absolute atomic E-state index is 0. The van der Waals surface area contributed by atoms with Crippen LogP contribution in [0, 0.1) is 11.3 Å². The van der Waals surface area contributed by atoms with Crippen molar-refractivity contribution in [3.63, 3.8) is 0 Å². The van der Waals surface area contributed by atoms with E-state index >= 15 is 0 Å². The van der Waals surface area contributed by atoms with Gasteiger partial charge in [-0.1, -0.05) is 30.3 Å². The Labute approximate surface area is 265 Å². The minimum atomic E-state index is -0.698. The molecule has 45 heavy (non-hydrogen) atoms. The third-order valence-electron chi connectivity index (χ3n) is 7.40. The molecule has 0 aliphatic carbocycles. The predicted octanol–water partition coefficient (Wildman–Crippen LogP) is 3.47. The van der Waals surface area contributed by atoms with Crippen molar-refractivity contribution in [2.24, 2.45) is 12.8 Å². The number of anilines is 2. The first-order valence-electron chi connectivity index (χ1n) is 14.0. The molecule has 1 aromatic heterocycles. The van der Waals surface area contributed by atoms with E-state index in [0.717, 1.165) is 12.8 Å². The number of nitrogens with two attached hydrogens (primary N) is 1. The van der Waals surface area contributed by atoms with Crippen LogP contribution in [0.5, 0.6) is 5.75 Å². The van der Waals surface area contributed by atoms with E-state index in [2.05, 4.69) is 16.3 Å². The summed E-state index contributed by atoms with van der Waals surface area (Å²) in [4.78, 5) is 45.0. The van der Waals surface area contributed by atoms with Crippen LogP contribution >= 0.6 is 12.4 Å². The maximum Gasteiger partial charge on any atom is 0.274 e. The number of aromatic nitrogens is 2. The van der Waals surface area contributed by atoms with Crippen molar-refractivity contribution in [3.8, 4) is 34.2 Å². The fraction of sp³-hybridized carbons (Fsp3) is 0.219. The SMILES string of the molecule is Cl.Cn1c(N2CCC(N)CC2)nc(-c2ccc(C#N)cc2)c(-c2ccc(OCC(=O)Nc3cccc(C(=O)NO)c3)cc2)c1=O. The molecule has 4 aromatic rings. The number of benzene rings is 3. The summed E-state index contributed by atoms with van der Waals surface area (Å²) < 4.78 is 7.20. The fourth-order valence-corrected chi connectivity index (χ4v) is 5.01. The van der Waals surface area contributed by atoms with E-state index in [0.29, 0.717) is 58.4 Å². The molecule has 0 bridgehead atoms. The molecule has 2 amide bonds. The number of amides is 2. The quantitative estimate of drug-likeness (QED) is 0.168. The molecule has 232 valence electrons. The first-order chi connectivity index (χ1) is 21.3. The van der Waals surface area contributed by atoms with Crippen molar-refractivity contribution >= 4 is 35.9 Å². The molecule has 1 aliphatic heterocycles. The summed E-state index contributed by atoms with van der Waals surface area (Å²) >= 11 is 0. The monoisotopic (exact) mass is 629 g/mol. The molecule has 12 nitrogen and oxygen atoms in total. The molecular weight excluding hydrogens is 598 g/mol. The number of hydrogen-bond donors (Lipinski definition) is 4. The molecule has 1 saturated heterocycles. The van der Waals surface area contributed by atoms with Crippen molar-refractivity contribution in [2.75, 3.05) is 29.9 Å². The summed E-state index contributed by atoms with van der Waals surface area (Å²) in [6.45, 7) is 1.08. The van der Waals surface area contributed by atoms with Crippen molar-refractivity contribution < 1.29 is 19.5 Å². The van der Waals surface area contributed by atoms with E-state index in [1.165, 1.54) is 12.1 Å². The fourth-order valence-electron chi connectivity index (χ4n) is 5.01. The number of piperidine rings is 1. The summed E-state index contributed by atoms with van der Waals surface area (Å²) in [6.07, 6.45) is 1.60. The smallest absolute Gasteiger partial charge is 0.274 e. The third kappa shape index (κ3) is 7.47. The molecule has 13 heteroatoms. The molecule has 3 aromatic carbocycles. The number of nitriles is 1. The van der Waals surface area contributed by atoms with Gasteiger partial charge in [0, 0.05) is 43.0 Å². The highest BCUT2D eigenvalue weighted by atomic mass is 35.5. The van der Waals surface area contributed by atoms with Crippen LogP contribution in [0.2, 0.25) is 0 Å². The van der Waals surface area contributed by atoms with Crippen molar-refractivity contribution in [1.82, 2.24) is 15.0 Å². The van der Waals surface area contributed by atoms with Crippen molar-refractivity contribution in [1.29, 1.82) is 5.26 Å². The summed E-state index contributed by atoms with van der Waals surface area (Å²) in [6, 6.07) is 22.1. The van der Waals surface area contributed by atoms with Gasteiger partial charge in [-0.3, -0.25) is 24.2 Å². The van der Waals surface area contributed by atoms with E-state index < -0.39 is 11.8 Å². The lowest BCUT2D eigenvalue weighted by molar-refractivity contribution is -0.118. The van der Waals surface area contributed by atoms with Crippen LogP contribution < -0.4 is 31.7 Å². The van der Waals surface area contributed by atoms with Crippen LogP contribution in [-0.2, 0) is 11.8 Å². The average molecular weight is 630 g/mol. The molecule has 0 radical (unpaired) electrons. The molecule has 0 atom stereocenters. The normalized spacial score (nSPS) is 12.9. The highest BCUT2D eigenvalue weighted by Gasteiger charge is 2.24. The second-order valence-corrected chi connectivity index (χ2v) is 10.4. The number of carbonyl (C=O) groups excluding carboxylic acids is 2. The zero-order chi connectivity index (χ0) is 31.2. The Hall–Kier alpha value is -5.22. The Morgan fingerprint density at radius 3 is 2.38 bits per heavy atom. The number of hydrogen-bond acceptors (Lipinski definition) is 9. The zero-order valence-electron chi connectivity index (χ0n) is 24.4. The van der Waals surface area contributed by atoms with Crippen LogP contribution in [0.3, 0.4) is 0 Å². The van der Waals surface area contributed by atoms with Gasteiger partial charge in [-0.05, 0) is 60.9 Å². The second kappa shape index (κ2) is 14.5. The van der Waals surface area contributed by atoms with Gasteiger partial charge in [0.05, 0.1) is 22.9 Å². The number of nitrogens with zero attached hydrogens (tertiary/aromatic N) is 4. The van der Waals surface area contributed by atoms with Gasteiger partial charge in [0.25, 0.3) is 17.4 Å². The molecule has 1 fully saturated rings. The van der Waals surface area contributed by atoms with Crippen LogP contribution in [0.15, 0.2) is 77.6 Å². The van der Waals surface area contributed by atoms with Gasteiger partial charge in [-0.15, -0.1) is 12.4 Å². The van der Waals surface area contributed by atoms with Gasteiger partial charge in [0.1, 0.15) is 5.75 Å². The standard InChI is InChI=1S/C32H31N7O5.ClH/c1-38-31(42)28(29(22-7-5-20(18-33)6-8-22)36-32(38)39-15-13-24(34)14-16-39)21-9-11-26(12-10-21)44-19-27(40)35-25-4-2-3-23(17-25)30(41)37-43;/h2-12,17,24,43H,13-16,19,34H2,1H3,(H,35,40)(H,37,41);1H. The highest BCUT2D eigenvalue weighted by Crippen LogP contribution is 2.31. The number of rotatable bonds is 8. The Morgan fingerprint density at radius 2 is 1.73 bits per heavy atom.